The third kappa shape index (κ3) is 2.73. The first kappa shape index (κ1) is 12.7. The van der Waals surface area contributed by atoms with Crippen LogP contribution in [0.25, 0.3) is 0 Å². The third-order valence-corrected chi connectivity index (χ3v) is 2.89. The van der Waals surface area contributed by atoms with Crippen molar-refractivity contribution in [2.45, 2.75) is 32.8 Å². The molecule has 0 aliphatic heterocycles. The molecule has 5 nitrogen and oxygen atoms in total. The summed E-state index contributed by atoms with van der Waals surface area (Å²) in [5.74, 6) is 0.458. The number of aryl methyl sites for hydroxylation is 3. The summed E-state index contributed by atoms with van der Waals surface area (Å²) in [6.45, 7) is 3.98. The zero-order valence-corrected chi connectivity index (χ0v) is 11.0. The first-order valence-electron chi connectivity index (χ1n) is 6.08. The van der Waals surface area contributed by atoms with Crippen molar-refractivity contribution >= 4 is 0 Å². The summed E-state index contributed by atoms with van der Waals surface area (Å²) in [5, 5.41) is 14.5. The Morgan fingerprint density at radius 3 is 2.56 bits per heavy atom. The van der Waals surface area contributed by atoms with Gasteiger partial charge in [0.1, 0.15) is 6.10 Å². The minimum Gasteiger partial charge on any atom is -0.385 e. The van der Waals surface area contributed by atoms with Crippen molar-refractivity contribution in [3.8, 4) is 0 Å². The molecule has 0 radical (unpaired) electrons. The standard InChI is InChI=1S/C13H18N4O/c1-4-10-5-11(17(3)16-10)6-12(18)13-14-7-9(2)8-15-13/h5,7-8,12,18H,4,6H2,1-3H3. The van der Waals surface area contributed by atoms with Gasteiger partial charge in [-0.25, -0.2) is 9.97 Å². The summed E-state index contributed by atoms with van der Waals surface area (Å²) in [4.78, 5) is 8.28. The average Bonchev–Trinajstić information content (AvgIpc) is 2.71. The zero-order chi connectivity index (χ0) is 13.1. The molecule has 2 aromatic heterocycles. The van der Waals surface area contributed by atoms with Crippen LogP contribution in [0.5, 0.6) is 0 Å². The van der Waals surface area contributed by atoms with Gasteiger partial charge in [-0.15, -0.1) is 0 Å². The Balaban J connectivity index is 2.13. The van der Waals surface area contributed by atoms with Crippen LogP contribution in [0, 0.1) is 6.92 Å². The summed E-state index contributed by atoms with van der Waals surface area (Å²) in [6.07, 6.45) is 4.11. The lowest BCUT2D eigenvalue weighted by molar-refractivity contribution is 0.165. The van der Waals surface area contributed by atoms with E-state index in [2.05, 4.69) is 22.0 Å². The van der Waals surface area contributed by atoms with Gasteiger partial charge in [-0.2, -0.15) is 5.10 Å². The van der Waals surface area contributed by atoms with E-state index in [1.54, 1.807) is 17.1 Å². The van der Waals surface area contributed by atoms with Crippen molar-refractivity contribution in [1.29, 1.82) is 0 Å². The molecule has 96 valence electrons. The van der Waals surface area contributed by atoms with Gasteiger partial charge in [-0.1, -0.05) is 6.92 Å². The van der Waals surface area contributed by atoms with E-state index < -0.39 is 6.10 Å². The van der Waals surface area contributed by atoms with Gasteiger partial charge in [-0.05, 0) is 25.0 Å². The summed E-state index contributed by atoms with van der Waals surface area (Å²) in [5.41, 5.74) is 3.01. The van der Waals surface area contributed by atoms with E-state index in [1.807, 2.05) is 20.0 Å². The molecular formula is C13H18N4O. The molecule has 2 rings (SSSR count). The van der Waals surface area contributed by atoms with Crippen LogP contribution in [-0.2, 0) is 19.9 Å². The minimum absolute atomic E-state index is 0.458. The fraction of sp³-hybridized carbons (Fsp3) is 0.462. The van der Waals surface area contributed by atoms with E-state index in [0.717, 1.165) is 23.4 Å². The molecule has 2 aromatic rings. The number of aromatic nitrogens is 4. The van der Waals surface area contributed by atoms with Gasteiger partial charge >= 0.3 is 0 Å². The summed E-state index contributed by atoms with van der Waals surface area (Å²) >= 11 is 0. The first-order chi connectivity index (χ1) is 8.60. The second kappa shape index (κ2) is 5.27. The van der Waals surface area contributed by atoms with Gasteiger partial charge in [0.15, 0.2) is 5.82 Å². The van der Waals surface area contributed by atoms with Crippen LogP contribution < -0.4 is 0 Å². The summed E-state index contributed by atoms with van der Waals surface area (Å²) in [6, 6.07) is 2.01. The Morgan fingerprint density at radius 1 is 1.33 bits per heavy atom. The Labute approximate surface area is 107 Å². The van der Waals surface area contributed by atoms with Gasteiger partial charge in [0.25, 0.3) is 0 Å². The highest BCUT2D eigenvalue weighted by molar-refractivity contribution is 5.13. The maximum absolute atomic E-state index is 10.1. The summed E-state index contributed by atoms with van der Waals surface area (Å²) in [7, 11) is 1.89. The maximum atomic E-state index is 10.1. The topological polar surface area (TPSA) is 63.8 Å². The summed E-state index contributed by atoms with van der Waals surface area (Å²) < 4.78 is 1.80. The number of hydrogen-bond donors (Lipinski definition) is 1. The average molecular weight is 246 g/mol. The van der Waals surface area contributed by atoms with Gasteiger partial charge in [-0.3, -0.25) is 4.68 Å². The third-order valence-electron chi connectivity index (χ3n) is 2.89. The van der Waals surface area contributed by atoms with Crippen LogP contribution in [0.15, 0.2) is 18.5 Å². The van der Waals surface area contributed by atoms with Crippen LogP contribution in [0.2, 0.25) is 0 Å². The van der Waals surface area contributed by atoms with Crippen molar-refractivity contribution < 1.29 is 5.11 Å². The van der Waals surface area contributed by atoms with Gasteiger partial charge in [0.05, 0.1) is 5.69 Å². The Hall–Kier alpha value is -1.75. The SMILES string of the molecule is CCc1cc(CC(O)c2ncc(C)cn2)n(C)n1. The monoisotopic (exact) mass is 246 g/mol. The molecule has 0 bridgehead atoms. The lowest BCUT2D eigenvalue weighted by Crippen LogP contribution is -2.09. The molecule has 0 saturated heterocycles. The van der Waals surface area contributed by atoms with Gasteiger partial charge in [0, 0.05) is 31.6 Å². The van der Waals surface area contributed by atoms with E-state index in [1.165, 1.54) is 0 Å². The van der Waals surface area contributed by atoms with Crippen molar-refractivity contribution in [1.82, 2.24) is 19.7 Å². The molecule has 0 spiro atoms. The quantitative estimate of drug-likeness (QED) is 0.884. The number of aliphatic hydroxyl groups is 1. The van der Waals surface area contributed by atoms with E-state index >= 15 is 0 Å². The van der Waals surface area contributed by atoms with Crippen molar-refractivity contribution in [2.24, 2.45) is 7.05 Å². The lowest BCUT2D eigenvalue weighted by atomic mass is 10.1. The largest absolute Gasteiger partial charge is 0.385 e. The van der Waals surface area contributed by atoms with E-state index in [9.17, 15) is 5.11 Å². The highest BCUT2D eigenvalue weighted by Crippen LogP contribution is 2.15. The molecule has 2 heterocycles. The van der Waals surface area contributed by atoms with Gasteiger partial charge < -0.3 is 5.11 Å². The first-order valence-corrected chi connectivity index (χ1v) is 6.08. The molecule has 0 saturated carbocycles. The molecule has 5 heteroatoms. The van der Waals surface area contributed by atoms with E-state index in [0.29, 0.717) is 12.2 Å². The second-order valence-electron chi connectivity index (χ2n) is 4.44. The zero-order valence-electron chi connectivity index (χ0n) is 11.0. The number of nitrogens with zero attached hydrogens (tertiary/aromatic N) is 4. The van der Waals surface area contributed by atoms with Crippen LogP contribution in [0.4, 0.5) is 0 Å². The molecule has 0 aromatic carbocycles. The molecule has 0 aliphatic rings. The Morgan fingerprint density at radius 2 is 2.00 bits per heavy atom. The molecule has 1 N–H and O–H groups in total. The highest BCUT2D eigenvalue weighted by Gasteiger charge is 2.14. The smallest absolute Gasteiger partial charge is 0.157 e. The molecule has 1 atom stereocenters. The maximum Gasteiger partial charge on any atom is 0.157 e. The van der Waals surface area contributed by atoms with Crippen LogP contribution in [-0.4, -0.2) is 24.9 Å². The van der Waals surface area contributed by atoms with E-state index in [4.69, 9.17) is 0 Å². The van der Waals surface area contributed by atoms with Crippen LogP contribution in [0.3, 0.4) is 0 Å². The van der Waals surface area contributed by atoms with Crippen LogP contribution >= 0.6 is 0 Å². The molecule has 1 unspecified atom stereocenters. The number of aliphatic hydroxyl groups excluding tert-OH is 1. The van der Waals surface area contributed by atoms with E-state index in [-0.39, 0.29) is 0 Å². The van der Waals surface area contributed by atoms with Gasteiger partial charge in [0.2, 0.25) is 0 Å². The molecule has 0 fully saturated rings. The minimum atomic E-state index is -0.689. The Kier molecular flexibility index (Phi) is 3.72. The number of rotatable bonds is 4. The van der Waals surface area contributed by atoms with Crippen molar-refractivity contribution in [3.05, 3.63) is 41.2 Å². The fourth-order valence-corrected chi connectivity index (χ4v) is 1.80. The molecule has 0 aliphatic carbocycles. The van der Waals surface area contributed by atoms with Crippen molar-refractivity contribution in [3.63, 3.8) is 0 Å². The second-order valence-corrected chi connectivity index (χ2v) is 4.44. The Bertz CT molecular complexity index is 518. The fourth-order valence-electron chi connectivity index (χ4n) is 1.80. The van der Waals surface area contributed by atoms with Crippen molar-refractivity contribution in [2.75, 3.05) is 0 Å². The van der Waals surface area contributed by atoms with Crippen LogP contribution in [0.1, 0.15) is 35.8 Å². The highest BCUT2D eigenvalue weighted by atomic mass is 16.3. The number of hydrogen-bond acceptors (Lipinski definition) is 4. The normalized spacial score (nSPS) is 12.7. The molecule has 0 amide bonds. The predicted octanol–water partition coefficient (Wildman–Crippen LogP) is 1.36. The predicted molar refractivity (Wildman–Crippen MR) is 68.0 cm³/mol. The lowest BCUT2D eigenvalue weighted by Gasteiger charge is -2.09. The molecule has 18 heavy (non-hydrogen) atoms. The molecular weight excluding hydrogens is 228 g/mol.